The summed E-state index contributed by atoms with van der Waals surface area (Å²) >= 11 is 0. The lowest BCUT2D eigenvalue weighted by molar-refractivity contribution is -0.103. The molecule has 0 unspecified atom stereocenters. The summed E-state index contributed by atoms with van der Waals surface area (Å²) in [5.41, 5.74) is 1.00. The highest BCUT2D eigenvalue weighted by molar-refractivity contribution is 5.36. The van der Waals surface area contributed by atoms with Crippen molar-refractivity contribution in [2.24, 2.45) is 0 Å². The van der Waals surface area contributed by atoms with Crippen LogP contribution in [-0.4, -0.2) is 19.5 Å². The molecule has 0 saturated carbocycles. The maximum atomic E-state index is 5.36. The molecule has 0 heterocycles. The van der Waals surface area contributed by atoms with E-state index in [0.717, 1.165) is 5.56 Å². The molecule has 0 spiro atoms. The minimum atomic E-state index is -0.296. The Hall–Kier alpha value is -1.56. The predicted molar refractivity (Wildman–Crippen MR) is 69.5 cm³/mol. The lowest BCUT2D eigenvalue weighted by Crippen LogP contribution is -2.13. The number of allylic oxidation sites excluding steroid dienone is 1. The van der Waals surface area contributed by atoms with Gasteiger partial charge >= 0.3 is 0 Å². The molecule has 1 aromatic rings. The zero-order valence-corrected chi connectivity index (χ0v) is 10.3. The highest BCUT2D eigenvalue weighted by Gasteiger charge is 2.00. The molecule has 0 aromatic heterocycles. The number of hydrogen-bond acceptors (Lipinski definition) is 2. The summed E-state index contributed by atoms with van der Waals surface area (Å²) in [6, 6.07) is 9.86. The largest absolute Gasteiger partial charge is 0.349 e. The van der Waals surface area contributed by atoms with Gasteiger partial charge < -0.3 is 9.47 Å². The highest BCUT2D eigenvalue weighted by atomic mass is 16.7. The van der Waals surface area contributed by atoms with Crippen molar-refractivity contribution in [3.8, 4) is 11.8 Å². The topological polar surface area (TPSA) is 18.5 Å². The Morgan fingerprint density at radius 2 is 1.76 bits per heavy atom. The van der Waals surface area contributed by atoms with Gasteiger partial charge in [0.05, 0.1) is 0 Å². The first-order valence-corrected chi connectivity index (χ1v) is 5.83. The third kappa shape index (κ3) is 5.91. The average molecular weight is 230 g/mol. The first-order valence-electron chi connectivity index (χ1n) is 5.83. The van der Waals surface area contributed by atoms with E-state index >= 15 is 0 Å². The lowest BCUT2D eigenvalue weighted by atomic mass is 10.2. The van der Waals surface area contributed by atoms with E-state index < -0.39 is 0 Å². The molecule has 2 nitrogen and oxygen atoms in total. The first-order chi connectivity index (χ1) is 8.36. The van der Waals surface area contributed by atoms with Gasteiger partial charge in [0.2, 0.25) is 0 Å². The van der Waals surface area contributed by atoms with Crippen LogP contribution in [0.1, 0.15) is 19.4 Å². The summed E-state index contributed by atoms with van der Waals surface area (Å²) in [6.07, 6.45) is 3.29. The van der Waals surface area contributed by atoms with E-state index in [4.69, 9.17) is 9.47 Å². The van der Waals surface area contributed by atoms with Gasteiger partial charge in [-0.2, -0.15) is 0 Å². The van der Waals surface area contributed by atoms with Crippen molar-refractivity contribution < 1.29 is 9.47 Å². The summed E-state index contributed by atoms with van der Waals surface area (Å²) in [5, 5.41) is 0. The van der Waals surface area contributed by atoms with Crippen LogP contribution in [-0.2, 0) is 9.47 Å². The van der Waals surface area contributed by atoms with Gasteiger partial charge in [0, 0.05) is 18.8 Å². The Morgan fingerprint density at radius 3 is 2.35 bits per heavy atom. The molecule has 0 amide bonds. The van der Waals surface area contributed by atoms with E-state index in [0.29, 0.717) is 13.2 Å². The van der Waals surface area contributed by atoms with E-state index in [1.807, 2.05) is 50.3 Å². The van der Waals surface area contributed by atoms with Gasteiger partial charge in [-0.3, -0.25) is 0 Å². The molecule has 0 fully saturated rings. The van der Waals surface area contributed by atoms with Crippen molar-refractivity contribution in [1.82, 2.24) is 0 Å². The minimum absolute atomic E-state index is 0.296. The van der Waals surface area contributed by atoms with Gasteiger partial charge in [0.1, 0.15) is 0 Å². The molecule has 17 heavy (non-hydrogen) atoms. The Labute approximate surface area is 103 Å². The van der Waals surface area contributed by atoms with Crippen molar-refractivity contribution in [3.05, 3.63) is 48.0 Å². The van der Waals surface area contributed by atoms with Crippen molar-refractivity contribution in [2.45, 2.75) is 20.1 Å². The number of ether oxygens (including phenoxy) is 2. The van der Waals surface area contributed by atoms with Gasteiger partial charge in [-0.05, 0) is 38.1 Å². The van der Waals surface area contributed by atoms with Gasteiger partial charge in [0.25, 0.3) is 0 Å². The van der Waals surface area contributed by atoms with Crippen LogP contribution in [0.25, 0.3) is 0 Å². The molecule has 0 atom stereocenters. The molecule has 90 valence electrons. The number of hydrogen-bond donors (Lipinski definition) is 0. The lowest BCUT2D eigenvalue weighted by Gasteiger charge is -2.11. The molecule has 0 aliphatic heterocycles. The zero-order chi connectivity index (χ0) is 12.3. The fraction of sp³-hybridized carbons (Fsp3) is 0.333. The van der Waals surface area contributed by atoms with Crippen LogP contribution in [0.3, 0.4) is 0 Å². The molecule has 1 rings (SSSR count). The Bertz CT molecular complexity index is 378. The maximum Gasteiger partial charge on any atom is 0.177 e. The van der Waals surface area contributed by atoms with Crippen molar-refractivity contribution >= 4 is 0 Å². The second-order valence-corrected chi connectivity index (χ2v) is 3.27. The van der Waals surface area contributed by atoms with Crippen LogP contribution >= 0.6 is 0 Å². The van der Waals surface area contributed by atoms with Crippen LogP contribution in [0.4, 0.5) is 0 Å². The van der Waals surface area contributed by atoms with E-state index in [9.17, 15) is 0 Å². The molecule has 0 aliphatic rings. The SMILES string of the molecule is CCOC(/C=C/C#Cc1ccccc1)OCC. The maximum absolute atomic E-state index is 5.36. The average Bonchev–Trinajstić information content (AvgIpc) is 2.36. The third-order valence-corrected chi connectivity index (χ3v) is 1.99. The number of rotatable bonds is 5. The molecule has 0 saturated heterocycles. The second kappa shape index (κ2) is 8.58. The van der Waals surface area contributed by atoms with Crippen molar-refractivity contribution in [1.29, 1.82) is 0 Å². The quantitative estimate of drug-likeness (QED) is 0.572. The van der Waals surface area contributed by atoms with Crippen molar-refractivity contribution in [2.75, 3.05) is 13.2 Å². The fourth-order valence-electron chi connectivity index (χ4n) is 1.26. The minimum Gasteiger partial charge on any atom is -0.349 e. The van der Waals surface area contributed by atoms with Crippen LogP contribution < -0.4 is 0 Å². The molecule has 0 aliphatic carbocycles. The molecule has 0 bridgehead atoms. The predicted octanol–water partition coefficient (Wildman–Crippen LogP) is 2.99. The van der Waals surface area contributed by atoms with Crippen molar-refractivity contribution in [3.63, 3.8) is 0 Å². The van der Waals surface area contributed by atoms with E-state index in [1.54, 1.807) is 6.08 Å². The summed E-state index contributed by atoms with van der Waals surface area (Å²) in [5.74, 6) is 5.99. The van der Waals surface area contributed by atoms with Crippen LogP contribution in [0.2, 0.25) is 0 Å². The smallest absolute Gasteiger partial charge is 0.177 e. The van der Waals surface area contributed by atoms with Gasteiger partial charge in [-0.1, -0.05) is 30.0 Å². The Morgan fingerprint density at radius 1 is 1.12 bits per heavy atom. The monoisotopic (exact) mass is 230 g/mol. The molecular weight excluding hydrogens is 212 g/mol. The summed E-state index contributed by atoms with van der Waals surface area (Å²) in [4.78, 5) is 0. The molecule has 0 N–H and O–H groups in total. The Kier molecular flexibility index (Phi) is 6.81. The fourth-order valence-corrected chi connectivity index (χ4v) is 1.26. The third-order valence-electron chi connectivity index (χ3n) is 1.99. The van der Waals surface area contributed by atoms with Gasteiger partial charge in [-0.15, -0.1) is 0 Å². The normalized spacial score (nSPS) is 10.5. The van der Waals surface area contributed by atoms with Crippen LogP contribution in [0.5, 0.6) is 0 Å². The number of benzene rings is 1. The molecule has 2 heteroatoms. The Balaban J connectivity index is 2.50. The van der Waals surface area contributed by atoms with Gasteiger partial charge in [0.15, 0.2) is 6.29 Å². The standard InChI is InChI=1S/C15H18O2/c1-3-16-15(17-4-2)13-9-8-12-14-10-6-5-7-11-14/h5-7,9-11,13,15H,3-4H2,1-2H3/b13-9+. The zero-order valence-electron chi connectivity index (χ0n) is 10.3. The second-order valence-electron chi connectivity index (χ2n) is 3.27. The van der Waals surface area contributed by atoms with E-state index in [2.05, 4.69) is 11.8 Å². The van der Waals surface area contributed by atoms with E-state index in [-0.39, 0.29) is 6.29 Å². The summed E-state index contributed by atoms with van der Waals surface area (Å²) in [6.45, 7) is 5.13. The summed E-state index contributed by atoms with van der Waals surface area (Å²) in [7, 11) is 0. The van der Waals surface area contributed by atoms with E-state index in [1.165, 1.54) is 0 Å². The van der Waals surface area contributed by atoms with Gasteiger partial charge in [-0.25, -0.2) is 0 Å². The molecule has 1 aromatic carbocycles. The first kappa shape index (κ1) is 13.5. The van der Waals surface area contributed by atoms with Crippen LogP contribution in [0.15, 0.2) is 42.5 Å². The van der Waals surface area contributed by atoms with Crippen LogP contribution in [0, 0.1) is 11.8 Å². The summed E-state index contributed by atoms with van der Waals surface area (Å²) < 4.78 is 10.7. The molecule has 0 radical (unpaired) electrons. The highest BCUT2D eigenvalue weighted by Crippen LogP contribution is 1.97. The molecular formula is C15H18O2.